The molecule has 0 saturated heterocycles. The fourth-order valence-electron chi connectivity index (χ4n) is 2.46. The van der Waals surface area contributed by atoms with Crippen molar-refractivity contribution in [2.45, 2.75) is 20.3 Å². The predicted octanol–water partition coefficient (Wildman–Crippen LogP) is -2.32. The van der Waals surface area contributed by atoms with E-state index in [1.807, 2.05) is 0 Å². The molecule has 0 unspecified atom stereocenters. The van der Waals surface area contributed by atoms with Crippen molar-refractivity contribution in [3.8, 4) is 11.1 Å². The van der Waals surface area contributed by atoms with Gasteiger partial charge in [0, 0.05) is 0 Å². The van der Waals surface area contributed by atoms with Crippen molar-refractivity contribution in [3.63, 3.8) is 0 Å². The van der Waals surface area contributed by atoms with E-state index in [0.717, 1.165) is 6.42 Å². The van der Waals surface area contributed by atoms with Crippen LogP contribution in [-0.4, -0.2) is 0 Å². The monoisotopic (exact) mass is 353 g/mol. The van der Waals surface area contributed by atoms with Gasteiger partial charge in [0.15, 0.2) is 0 Å². The Morgan fingerprint density at radius 1 is 1.11 bits per heavy atom. The van der Waals surface area contributed by atoms with Crippen LogP contribution in [-0.2, 0) is 32.6 Å². The van der Waals surface area contributed by atoms with Crippen LogP contribution < -0.4 is 24.8 Å². The zero-order valence-corrected chi connectivity index (χ0v) is 14.3. The fourth-order valence-corrected chi connectivity index (χ4v) is 2.46. The normalized spacial score (nSPS) is 10.3. The number of fused-ring (bicyclic) bond motifs is 3. The van der Waals surface area contributed by atoms with Crippen LogP contribution in [0, 0.1) is 19.9 Å². The summed E-state index contributed by atoms with van der Waals surface area (Å²) in [6.07, 6.45) is 1.05. The quantitative estimate of drug-likeness (QED) is 0.397. The standard InChI is InChI=1S/C15H13.2ClH.Zr/c1-10-6-7-12-9-13-5-3-4-11(2)15(13)14(12)8-10;;;/h3-6,8H,9H2,1-2H3;2*1H;/q-1;;;+3/p-2. The summed E-state index contributed by atoms with van der Waals surface area (Å²) in [5.41, 5.74) is 8.31. The molecule has 2 aromatic carbocycles. The molecule has 1 aliphatic rings. The summed E-state index contributed by atoms with van der Waals surface area (Å²) in [4.78, 5) is 0. The van der Waals surface area contributed by atoms with Crippen molar-refractivity contribution in [1.82, 2.24) is 0 Å². The number of aryl methyl sites for hydroxylation is 2. The molecule has 0 aromatic heterocycles. The molecule has 3 rings (SSSR count). The van der Waals surface area contributed by atoms with Crippen LogP contribution >= 0.6 is 0 Å². The molecule has 0 atom stereocenters. The maximum Gasteiger partial charge on any atom is 3.00 e. The first-order valence-corrected chi connectivity index (χ1v) is 5.36. The fraction of sp³-hybridized carbons (Fsp3) is 0.200. The molecular weight excluding hydrogens is 342 g/mol. The van der Waals surface area contributed by atoms with Crippen LogP contribution in [0.1, 0.15) is 22.3 Å². The second-order valence-electron chi connectivity index (χ2n) is 4.36. The molecule has 18 heavy (non-hydrogen) atoms. The number of hydrogen-bond acceptors (Lipinski definition) is 0. The van der Waals surface area contributed by atoms with Crippen molar-refractivity contribution < 1.29 is 51.0 Å². The summed E-state index contributed by atoms with van der Waals surface area (Å²) >= 11 is 0. The van der Waals surface area contributed by atoms with E-state index in [9.17, 15) is 0 Å². The Bertz CT molecular complexity index is 550. The molecule has 0 saturated carbocycles. The molecule has 0 amide bonds. The van der Waals surface area contributed by atoms with Crippen LogP contribution in [0.4, 0.5) is 0 Å². The minimum atomic E-state index is 0. The number of hydrogen-bond donors (Lipinski definition) is 0. The molecule has 2 aromatic rings. The Balaban J connectivity index is 0.000000963. The smallest absolute Gasteiger partial charge is 1.00 e. The first kappa shape index (κ1) is 17.9. The molecule has 0 N–H and O–H groups in total. The van der Waals surface area contributed by atoms with Crippen LogP contribution in [0.2, 0.25) is 0 Å². The number of halogens is 2. The molecule has 1 aliphatic carbocycles. The molecule has 0 heterocycles. The SMILES string of the molecule is Cc1c[c-]c2c(c1)-c1c(C)cccc1C2.[Cl-].[Cl-].[Zr+3]. The van der Waals surface area contributed by atoms with E-state index in [1.54, 1.807) is 0 Å². The average molecular weight is 355 g/mol. The summed E-state index contributed by atoms with van der Waals surface area (Å²) in [6.45, 7) is 4.32. The van der Waals surface area contributed by atoms with Gasteiger partial charge in [0.2, 0.25) is 0 Å². The Morgan fingerprint density at radius 3 is 2.56 bits per heavy atom. The second kappa shape index (κ2) is 6.89. The van der Waals surface area contributed by atoms with Crippen molar-refractivity contribution in [1.29, 1.82) is 0 Å². The van der Waals surface area contributed by atoms with E-state index in [2.05, 4.69) is 50.2 Å². The topological polar surface area (TPSA) is 0 Å². The van der Waals surface area contributed by atoms with Gasteiger partial charge in [-0.1, -0.05) is 36.2 Å². The largest absolute Gasteiger partial charge is 3.00 e. The van der Waals surface area contributed by atoms with Gasteiger partial charge in [-0.3, -0.25) is 0 Å². The minimum absolute atomic E-state index is 0. The van der Waals surface area contributed by atoms with Crippen molar-refractivity contribution in [2.24, 2.45) is 0 Å². The summed E-state index contributed by atoms with van der Waals surface area (Å²) in [5.74, 6) is 0. The Hall–Kier alpha value is -0.0969. The third-order valence-corrected chi connectivity index (χ3v) is 3.17. The third-order valence-electron chi connectivity index (χ3n) is 3.17. The van der Waals surface area contributed by atoms with E-state index < -0.39 is 0 Å². The average Bonchev–Trinajstić information content (AvgIpc) is 2.57. The van der Waals surface area contributed by atoms with E-state index in [1.165, 1.54) is 33.4 Å². The zero-order valence-electron chi connectivity index (χ0n) is 10.3. The van der Waals surface area contributed by atoms with Gasteiger partial charge in [-0.05, 0) is 18.9 Å². The molecule has 1 radical (unpaired) electrons. The van der Waals surface area contributed by atoms with Crippen molar-refractivity contribution in [2.75, 3.05) is 0 Å². The summed E-state index contributed by atoms with van der Waals surface area (Å²) in [5, 5.41) is 0. The number of rotatable bonds is 0. The van der Waals surface area contributed by atoms with Crippen LogP contribution in [0.25, 0.3) is 11.1 Å². The molecule has 0 spiro atoms. The molecule has 3 heteroatoms. The molecule has 0 fully saturated rings. The van der Waals surface area contributed by atoms with Gasteiger partial charge in [-0.25, -0.2) is 0 Å². The van der Waals surface area contributed by atoms with Gasteiger partial charge < -0.3 is 24.8 Å². The van der Waals surface area contributed by atoms with Gasteiger partial charge in [0.1, 0.15) is 0 Å². The Morgan fingerprint density at radius 2 is 1.83 bits per heavy atom. The van der Waals surface area contributed by atoms with Crippen LogP contribution in [0.15, 0.2) is 30.3 Å². The predicted molar refractivity (Wildman–Crippen MR) is 63.0 cm³/mol. The van der Waals surface area contributed by atoms with E-state index in [4.69, 9.17) is 0 Å². The van der Waals surface area contributed by atoms with Gasteiger partial charge in [-0.15, -0.1) is 5.56 Å². The first-order valence-electron chi connectivity index (χ1n) is 5.36. The molecular formula is C15H13Cl2Zr. The third kappa shape index (κ3) is 2.90. The minimum Gasteiger partial charge on any atom is -1.00 e. The maximum atomic E-state index is 3.39. The summed E-state index contributed by atoms with van der Waals surface area (Å²) in [6, 6.07) is 14.3. The van der Waals surface area contributed by atoms with Gasteiger partial charge in [-0.2, -0.15) is 29.3 Å². The van der Waals surface area contributed by atoms with Crippen LogP contribution in [0.5, 0.6) is 0 Å². The van der Waals surface area contributed by atoms with E-state index in [0.29, 0.717) is 0 Å². The Labute approximate surface area is 140 Å². The van der Waals surface area contributed by atoms with Gasteiger partial charge in [0.05, 0.1) is 0 Å². The second-order valence-corrected chi connectivity index (χ2v) is 4.36. The van der Waals surface area contributed by atoms with Crippen LogP contribution in [0.3, 0.4) is 0 Å². The molecule has 0 nitrogen and oxygen atoms in total. The maximum absolute atomic E-state index is 3.39. The van der Waals surface area contributed by atoms with Gasteiger partial charge in [0.25, 0.3) is 0 Å². The first-order chi connectivity index (χ1) is 7.25. The molecule has 0 bridgehead atoms. The van der Waals surface area contributed by atoms with E-state index >= 15 is 0 Å². The summed E-state index contributed by atoms with van der Waals surface area (Å²) < 4.78 is 0. The van der Waals surface area contributed by atoms with Gasteiger partial charge >= 0.3 is 26.2 Å². The van der Waals surface area contributed by atoms with E-state index in [-0.39, 0.29) is 51.0 Å². The summed E-state index contributed by atoms with van der Waals surface area (Å²) in [7, 11) is 0. The molecule has 0 aliphatic heterocycles. The van der Waals surface area contributed by atoms with Crippen molar-refractivity contribution >= 4 is 0 Å². The zero-order chi connectivity index (χ0) is 10.4. The van der Waals surface area contributed by atoms with Crippen molar-refractivity contribution in [3.05, 3.63) is 58.7 Å². The Kier molecular flexibility index (Phi) is 6.86. The number of benzene rings is 2. The molecule has 91 valence electrons.